The SMILES string of the molecule is [CH2-]N1CCN(C2CCCC2)CC1. The smallest absolute Gasteiger partial charge is 0.00963 e. The third-order valence-electron chi connectivity index (χ3n) is 3.25. The Balaban J connectivity index is 1.80. The van der Waals surface area contributed by atoms with Crippen molar-refractivity contribution >= 4 is 0 Å². The van der Waals surface area contributed by atoms with Gasteiger partial charge in [0.1, 0.15) is 0 Å². The quantitative estimate of drug-likeness (QED) is 0.544. The minimum absolute atomic E-state index is 0.915. The van der Waals surface area contributed by atoms with E-state index in [-0.39, 0.29) is 0 Å². The normalized spacial score (nSPS) is 29.8. The molecule has 0 aromatic heterocycles. The van der Waals surface area contributed by atoms with Gasteiger partial charge in [-0.1, -0.05) is 12.8 Å². The van der Waals surface area contributed by atoms with Gasteiger partial charge < -0.3 is 4.90 Å². The van der Waals surface area contributed by atoms with Crippen molar-refractivity contribution in [2.75, 3.05) is 26.2 Å². The number of hydrogen-bond acceptors (Lipinski definition) is 2. The Morgan fingerprint density at radius 1 is 0.917 bits per heavy atom. The lowest BCUT2D eigenvalue weighted by Crippen LogP contribution is -2.47. The van der Waals surface area contributed by atoms with Crippen LogP contribution in [-0.4, -0.2) is 42.0 Å². The van der Waals surface area contributed by atoms with Crippen LogP contribution in [0.3, 0.4) is 0 Å². The van der Waals surface area contributed by atoms with Gasteiger partial charge in [-0.05, 0) is 25.9 Å². The summed E-state index contributed by atoms with van der Waals surface area (Å²) in [6.07, 6.45) is 5.79. The number of rotatable bonds is 1. The summed E-state index contributed by atoms with van der Waals surface area (Å²) < 4.78 is 0. The van der Waals surface area contributed by atoms with Crippen LogP contribution in [0.15, 0.2) is 0 Å². The Labute approximate surface area is 75.5 Å². The van der Waals surface area contributed by atoms with Gasteiger partial charge in [-0.25, -0.2) is 0 Å². The summed E-state index contributed by atoms with van der Waals surface area (Å²) in [5.74, 6) is 0. The van der Waals surface area contributed by atoms with Gasteiger partial charge >= 0.3 is 0 Å². The van der Waals surface area contributed by atoms with Crippen LogP contribution in [0.5, 0.6) is 0 Å². The molecule has 0 N–H and O–H groups in total. The first-order valence-electron chi connectivity index (χ1n) is 5.16. The molecule has 0 spiro atoms. The summed E-state index contributed by atoms with van der Waals surface area (Å²) in [6, 6.07) is 0.915. The Kier molecular flexibility index (Phi) is 2.66. The zero-order valence-electron chi connectivity index (χ0n) is 7.84. The Morgan fingerprint density at radius 3 is 2.08 bits per heavy atom. The highest BCUT2D eigenvalue weighted by Crippen LogP contribution is 2.23. The molecule has 2 nitrogen and oxygen atoms in total. The van der Waals surface area contributed by atoms with Crippen LogP contribution in [0.2, 0.25) is 0 Å². The molecule has 2 heteroatoms. The summed E-state index contributed by atoms with van der Waals surface area (Å²) >= 11 is 0. The first-order valence-corrected chi connectivity index (χ1v) is 5.16. The molecule has 2 fully saturated rings. The van der Waals surface area contributed by atoms with E-state index in [4.69, 9.17) is 0 Å². The standard InChI is InChI=1S/C10H19N2/c1-11-6-8-12(9-7-11)10-4-2-3-5-10/h10H,1-9H2/q-1. The predicted octanol–water partition coefficient (Wildman–Crippen LogP) is 1.34. The van der Waals surface area contributed by atoms with Crippen LogP contribution in [0.25, 0.3) is 0 Å². The van der Waals surface area contributed by atoms with E-state index in [1.54, 1.807) is 0 Å². The van der Waals surface area contributed by atoms with Gasteiger partial charge in [-0.2, -0.15) is 0 Å². The first kappa shape index (κ1) is 8.52. The molecular weight excluding hydrogens is 148 g/mol. The maximum absolute atomic E-state index is 3.97. The summed E-state index contributed by atoms with van der Waals surface area (Å²) in [4.78, 5) is 4.85. The summed E-state index contributed by atoms with van der Waals surface area (Å²) in [6.45, 7) is 4.81. The van der Waals surface area contributed by atoms with Crippen molar-refractivity contribution in [1.82, 2.24) is 9.80 Å². The molecule has 0 amide bonds. The second-order valence-electron chi connectivity index (χ2n) is 4.09. The van der Waals surface area contributed by atoms with E-state index in [0.717, 1.165) is 19.1 Å². The lowest BCUT2D eigenvalue weighted by molar-refractivity contribution is 0.123. The summed E-state index contributed by atoms with van der Waals surface area (Å²) in [7, 11) is 3.97. The van der Waals surface area contributed by atoms with Crippen LogP contribution >= 0.6 is 0 Å². The lowest BCUT2D eigenvalue weighted by atomic mass is 10.2. The molecule has 1 aliphatic carbocycles. The van der Waals surface area contributed by atoms with Crippen molar-refractivity contribution < 1.29 is 0 Å². The monoisotopic (exact) mass is 167 g/mol. The molecule has 2 rings (SSSR count). The summed E-state index contributed by atoms with van der Waals surface area (Å²) in [5, 5.41) is 0. The van der Waals surface area contributed by atoms with E-state index in [1.165, 1.54) is 38.8 Å². The van der Waals surface area contributed by atoms with Gasteiger partial charge in [0.15, 0.2) is 0 Å². The van der Waals surface area contributed by atoms with Crippen LogP contribution < -0.4 is 0 Å². The van der Waals surface area contributed by atoms with Crippen LogP contribution in [0.1, 0.15) is 25.7 Å². The van der Waals surface area contributed by atoms with Crippen molar-refractivity contribution in [1.29, 1.82) is 0 Å². The fourth-order valence-electron chi connectivity index (χ4n) is 2.40. The topological polar surface area (TPSA) is 6.48 Å². The molecule has 0 bridgehead atoms. The molecule has 70 valence electrons. The minimum Gasteiger partial charge on any atom is -0.457 e. The zero-order chi connectivity index (χ0) is 8.39. The van der Waals surface area contributed by atoms with E-state index in [2.05, 4.69) is 16.8 Å². The van der Waals surface area contributed by atoms with E-state index in [9.17, 15) is 0 Å². The average molecular weight is 167 g/mol. The number of hydrogen-bond donors (Lipinski definition) is 0. The molecule has 1 saturated heterocycles. The van der Waals surface area contributed by atoms with Crippen molar-refractivity contribution in [2.45, 2.75) is 31.7 Å². The second-order valence-corrected chi connectivity index (χ2v) is 4.09. The predicted molar refractivity (Wildman–Crippen MR) is 50.8 cm³/mol. The van der Waals surface area contributed by atoms with Gasteiger partial charge in [-0.15, -0.1) is 0 Å². The molecule has 2 aliphatic rings. The molecule has 1 saturated carbocycles. The highest BCUT2D eigenvalue weighted by atomic mass is 15.3. The van der Waals surface area contributed by atoms with E-state index in [0.29, 0.717) is 0 Å². The van der Waals surface area contributed by atoms with Crippen LogP contribution in [0.4, 0.5) is 0 Å². The van der Waals surface area contributed by atoms with Crippen LogP contribution in [-0.2, 0) is 0 Å². The molecule has 1 aliphatic heterocycles. The van der Waals surface area contributed by atoms with Gasteiger partial charge in [0.25, 0.3) is 0 Å². The largest absolute Gasteiger partial charge is 0.457 e. The van der Waals surface area contributed by atoms with Crippen molar-refractivity contribution in [3.63, 3.8) is 0 Å². The van der Waals surface area contributed by atoms with Gasteiger partial charge in [0, 0.05) is 19.1 Å². The van der Waals surface area contributed by atoms with Crippen molar-refractivity contribution in [2.24, 2.45) is 0 Å². The Bertz CT molecular complexity index is 133. The molecule has 0 aromatic carbocycles. The molecule has 0 atom stereocenters. The van der Waals surface area contributed by atoms with E-state index >= 15 is 0 Å². The van der Waals surface area contributed by atoms with Gasteiger partial charge in [-0.3, -0.25) is 11.9 Å². The fourth-order valence-corrected chi connectivity index (χ4v) is 2.40. The van der Waals surface area contributed by atoms with E-state index < -0.39 is 0 Å². The fraction of sp³-hybridized carbons (Fsp3) is 0.900. The van der Waals surface area contributed by atoms with Gasteiger partial charge in [0.05, 0.1) is 0 Å². The molecule has 12 heavy (non-hydrogen) atoms. The second kappa shape index (κ2) is 3.75. The first-order chi connectivity index (χ1) is 5.86. The van der Waals surface area contributed by atoms with Crippen molar-refractivity contribution in [3.05, 3.63) is 7.05 Å². The number of nitrogens with zero attached hydrogens (tertiary/aromatic N) is 2. The van der Waals surface area contributed by atoms with Crippen LogP contribution in [0, 0.1) is 7.05 Å². The Morgan fingerprint density at radius 2 is 1.50 bits per heavy atom. The maximum Gasteiger partial charge on any atom is 0.00963 e. The average Bonchev–Trinajstić information content (AvgIpc) is 2.58. The zero-order valence-corrected chi connectivity index (χ0v) is 7.84. The third-order valence-corrected chi connectivity index (χ3v) is 3.25. The third kappa shape index (κ3) is 1.80. The van der Waals surface area contributed by atoms with Gasteiger partial charge in [0.2, 0.25) is 0 Å². The van der Waals surface area contributed by atoms with Crippen molar-refractivity contribution in [3.8, 4) is 0 Å². The number of piperazine rings is 1. The summed E-state index contributed by atoms with van der Waals surface area (Å²) in [5.41, 5.74) is 0. The maximum atomic E-state index is 3.97. The highest BCUT2D eigenvalue weighted by Gasteiger charge is 2.23. The lowest BCUT2D eigenvalue weighted by Gasteiger charge is -2.40. The molecule has 0 aromatic rings. The molecular formula is C10H19N2-. The highest BCUT2D eigenvalue weighted by molar-refractivity contribution is 4.81. The molecule has 0 radical (unpaired) electrons. The van der Waals surface area contributed by atoms with E-state index in [1.807, 2.05) is 0 Å². The Hall–Kier alpha value is -0.0800. The molecule has 0 unspecified atom stereocenters. The molecule has 1 heterocycles. The minimum atomic E-state index is 0.915.